The van der Waals surface area contributed by atoms with Crippen molar-refractivity contribution in [3.8, 4) is 5.88 Å². The van der Waals surface area contributed by atoms with E-state index in [2.05, 4.69) is 62.3 Å². The van der Waals surface area contributed by atoms with Crippen LogP contribution in [-0.2, 0) is 4.74 Å². The highest BCUT2D eigenvalue weighted by molar-refractivity contribution is 14.1. The van der Waals surface area contributed by atoms with Gasteiger partial charge in [-0.25, -0.2) is 9.98 Å². The number of halogens is 2. The summed E-state index contributed by atoms with van der Waals surface area (Å²) in [4.78, 5) is 11.0. The molecule has 0 N–H and O–H groups in total. The number of rotatable bonds is 10. The van der Waals surface area contributed by atoms with Gasteiger partial charge in [0, 0.05) is 24.6 Å². The third-order valence-corrected chi connectivity index (χ3v) is 4.65. The van der Waals surface area contributed by atoms with Crippen LogP contribution in [0.25, 0.3) is 0 Å². The Hall–Kier alpha value is -0.410. The topological polar surface area (TPSA) is 47.0 Å². The van der Waals surface area contributed by atoms with Gasteiger partial charge < -0.3 is 14.4 Å². The molecule has 1 heterocycles. The summed E-state index contributed by atoms with van der Waals surface area (Å²) in [5.74, 6) is 0.590. The zero-order valence-corrected chi connectivity index (χ0v) is 17.9. The summed E-state index contributed by atoms with van der Waals surface area (Å²) < 4.78 is 13.2. The first kappa shape index (κ1) is 20.6. The summed E-state index contributed by atoms with van der Waals surface area (Å²) in [5.41, 5.74) is 1.67. The summed E-state index contributed by atoms with van der Waals surface area (Å²) in [5, 5.41) is 0. The molecule has 5 nitrogen and oxygen atoms in total. The maximum Gasteiger partial charge on any atom is 0.228 e. The van der Waals surface area contributed by atoms with Crippen molar-refractivity contribution in [3.63, 3.8) is 0 Å². The van der Waals surface area contributed by atoms with Crippen LogP contribution >= 0.6 is 38.5 Å². The lowest BCUT2D eigenvalue weighted by atomic mass is 10.3. The lowest BCUT2D eigenvalue weighted by Gasteiger charge is -2.18. The molecule has 1 atom stereocenters. The molecule has 0 aromatic carbocycles. The van der Waals surface area contributed by atoms with E-state index in [1.54, 1.807) is 0 Å². The van der Waals surface area contributed by atoms with Crippen molar-refractivity contribution >= 4 is 50.5 Å². The normalized spacial score (nSPS) is 12.6. The highest BCUT2D eigenvalue weighted by Gasteiger charge is 2.14. The van der Waals surface area contributed by atoms with E-state index in [4.69, 9.17) is 9.47 Å². The minimum absolute atomic E-state index is 0.00840. The van der Waals surface area contributed by atoms with E-state index >= 15 is 0 Å². The van der Waals surface area contributed by atoms with Crippen molar-refractivity contribution < 1.29 is 9.47 Å². The molecule has 1 aromatic heterocycles. The Kier molecular flexibility index (Phi) is 10.0. The molecular weight excluding hydrogens is 473 g/mol. The lowest BCUT2D eigenvalue weighted by Crippen LogP contribution is -2.25. The number of ether oxygens (including phenoxy) is 2. The smallest absolute Gasteiger partial charge is 0.228 e. The molecular formula is C16H25BrIN3O2. The first-order valence-corrected chi connectivity index (χ1v) is 10.1. The Morgan fingerprint density at radius 2 is 2.22 bits per heavy atom. The van der Waals surface area contributed by atoms with Crippen LogP contribution in [0.4, 0.5) is 5.69 Å². The second-order valence-electron chi connectivity index (χ2n) is 5.17. The minimum atomic E-state index is -0.00840. The molecule has 1 aromatic rings. The van der Waals surface area contributed by atoms with Gasteiger partial charge in [0.15, 0.2) is 0 Å². The average molecular weight is 498 g/mol. The average Bonchev–Trinajstić information content (AvgIpc) is 2.55. The van der Waals surface area contributed by atoms with Gasteiger partial charge in [-0.3, -0.25) is 0 Å². The molecule has 0 aliphatic rings. The van der Waals surface area contributed by atoms with Gasteiger partial charge in [0.1, 0.15) is 6.10 Å². The molecule has 0 radical (unpaired) electrons. The summed E-state index contributed by atoms with van der Waals surface area (Å²) in [6.45, 7) is 8.34. The van der Waals surface area contributed by atoms with E-state index < -0.39 is 0 Å². The van der Waals surface area contributed by atoms with Crippen LogP contribution in [-0.4, -0.2) is 53.6 Å². The standard InChI is InChI=1S/C16H25BrIN3O2/c1-5-7-22-10-13(9-18)23-16-14(17)8-15(12(3)20-16)19-11-21(4)6-2/h8,11,13H,5-7,9-10H2,1-4H3. The molecule has 1 rings (SSSR count). The Morgan fingerprint density at radius 1 is 1.48 bits per heavy atom. The molecule has 0 aliphatic carbocycles. The van der Waals surface area contributed by atoms with Crippen molar-refractivity contribution in [2.24, 2.45) is 4.99 Å². The van der Waals surface area contributed by atoms with E-state index in [0.717, 1.165) is 39.9 Å². The van der Waals surface area contributed by atoms with E-state index in [-0.39, 0.29) is 6.10 Å². The first-order valence-electron chi connectivity index (χ1n) is 7.73. The van der Waals surface area contributed by atoms with E-state index in [9.17, 15) is 0 Å². The van der Waals surface area contributed by atoms with Gasteiger partial charge in [0.2, 0.25) is 5.88 Å². The number of pyridine rings is 1. The summed E-state index contributed by atoms with van der Waals surface area (Å²) >= 11 is 5.83. The largest absolute Gasteiger partial charge is 0.470 e. The van der Waals surface area contributed by atoms with Crippen molar-refractivity contribution in [2.45, 2.75) is 33.3 Å². The van der Waals surface area contributed by atoms with Crippen LogP contribution < -0.4 is 4.74 Å². The third kappa shape index (κ3) is 7.34. The van der Waals surface area contributed by atoms with Crippen molar-refractivity contribution in [2.75, 3.05) is 31.2 Å². The number of hydrogen-bond donors (Lipinski definition) is 0. The Labute approximate surface area is 161 Å². The third-order valence-electron chi connectivity index (χ3n) is 3.10. The lowest BCUT2D eigenvalue weighted by molar-refractivity contribution is 0.0597. The second kappa shape index (κ2) is 11.2. The second-order valence-corrected chi connectivity index (χ2v) is 6.90. The molecule has 7 heteroatoms. The SMILES string of the molecule is CCCOCC(CI)Oc1nc(C)c(N=CN(C)CC)cc1Br. The van der Waals surface area contributed by atoms with E-state index in [0.29, 0.717) is 12.5 Å². The fourth-order valence-electron chi connectivity index (χ4n) is 1.63. The molecule has 130 valence electrons. The summed E-state index contributed by atoms with van der Waals surface area (Å²) in [6, 6.07) is 1.94. The molecule has 0 fully saturated rings. The molecule has 23 heavy (non-hydrogen) atoms. The fourth-order valence-corrected chi connectivity index (χ4v) is 2.47. The van der Waals surface area contributed by atoms with Gasteiger partial charge in [-0.15, -0.1) is 0 Å². The molecule has 0 amide bonds. The van der Waals surface area contributed by atoms with Crippen LogP contribution in [0.1, 0.15) is 26.0 Å². The van der Waals surface area contributed by atoms with E-state index in [1.165, 1.54) is 0 Å². The minimum Gasteiger partial charge on any atom is -0.470 e. The van der Waals surface area contributed by atoms with Gasteiger partial charge in [-0.05, 0) is 42.3 Å². The summed E-state index contributed by atoms with van der Waals surface area (Å²) in [7, 11) is 1.99. The number of aromatic nitrogens is 1. The summed E-state index contributed by atoms with van der Waals surface area (Å²) in [6.07, 6.45) is 2.81. The fraction of sp³-hybridized carbons (Fsp3) is 0.625. The molecule has 1 unspecified atom stereocenters. The van der Waals surface area contributed by atoms with Crippen molar-refractivity contribution in [1.29, 1.82) is 0 Å². The molecule has 0 spiro atoms. The van der Waals surface area contributed by atoms with Gasteiger partial charge in [0.05, 0.1) is 28.8 Å². The Morgan fingerprint density at radius 3 is 2.83 bits per heavy atom. The number of alkyl halides is 1. The Bertz CT molecular complexity index is 514. The zero-order valence-electron chi connectivity index (χ0n) is 14.2. The first-order chi connectivity index (χ1) is 11.0. The van der Waals surface area contributed by atoms with Crippen molar-refractivity contribution in [3.05, 3.63) is 16.2 Å². The number of aryl methyl sites for hydroxylation is 1. The maximum atomic E-state index is 5.97. The van der Waals surface area contributed by atoms with Gasteiger partial charge >= 0.3 is 0 Å². The van der Waals surface area contributed by atoms with Gasteiger partial charge in [0.25, 0.3) is 0 Å². The maximum absolute atomic E-state index is 5.97. The van der Waals surface area contributed by atoms with Crippen LogP contribution in [0.2, 0.25) is 0 Å². The number of hydrogen-bond acceptors (Lipinski definition) is 4. The van der Waals surface area contributed by atoms with Crippen LogP contribution in [0, 0.1) is 6.92 Å². The zero-order chi connectivity index (χ0) is 17.2. The highest BCUT2D eigenvalue weighted by Crippen LogP contribution is 2.30. The predicted molar refractivity (Wildman–Crippen MR) is 108 cm³/mol. The molecule has 0 saturated carbocycles. The van der Waals surface area contributed by atoms with Gasteiger partial charge in [-0.1, -0.05) is 29.5 Å². The highest BCUT2D eigenvalue weighted by atomic mass is 127. The Balaban J connectivity index is 2.80. The van der Waals surface area contributed by atoms with Crippen LogP contribution in [0.3, 0.4) is 0 Å². The van der Waals surface area contributed by atoms with Crippen LogP contribution in [0.15, 0.2) is 15.5 Å². The molecule has 0 aliphatic heterocycles. The molecule has 0 saturated heterocycles. The molecule has 0 bridgehead atoms. The quantitative estimate of drug-likeness (QED) is 0.158. The van der Waals surface area contributed by atoms with Crippen LogP contribution in [0.5, 0.6) is 5.88 Å². The van der Waals surface area contributed by atoms with Crippen molar-refractivity contribution in [1.82, 2.24) is 9.88 Å². The number of aliphatic imine (C=N–C) groups is 1. The number of nitrogens with zero attached hydrogens (tertiary/aromatic N) is 3. The van der Waals surface area contributed by atoms with Gasteiger partial charge in [-0.2, -0.15) is 0 Å². The van der Waals surface area contributed by atoms with E-state index in [1.807, 2.05) is 31.3 Å². The monoisotopic (exact) mass is 497 g/mol. The predicted octanol–water partition coefficient (Wildman–Crippen LogP) is 4.37.